The van der Waals surface area contributed by atoms with Gasteiger partial charge in [-0.25, -0.2) is 4.79 Å². The van der Waals surface area contributed by atoms with Crippen LogP contribution in [0.3, 0.4) is 0 Å². The normalized spacial score (nSPS) is 18.9. The highest BCUT2D eigenvalue weighted by Crippen LogP contribution is 2.27. The molecule has 1 atom stereocenters. The average molecular weight is 291 g/mol. The van der Waals surface area contributed by atoms with E-state index in [2.05, 4.69) is 13.0 Å². The van der Waals surface area contributed by atoms with Gasteiger partial charge in [0.25, 0.3) is 0 Å². The third-order valence-corrected chi connectivity index (χ3v) is 3.72. The topological polar surface area (TPSA) is 49.8 Å². The van der Waals surface area contributed by atoms with Crippen molar-refractivity contribution in [3.63, 3.8) is 0 Å². The number of ether oxygens (including phenoxy) is 1. The largest absolute Gasteiger partial charge is 0.444 e. The van der Waals surface area contributed by atoms with Crippen LogP contribution in [0.4, 0.5) is 4.79 Å². The van der Waals surface area contributed by atoms with Gasteiger partial charge in [-0.05, 0) is 49.8 Å². The third-order valence-electron chi connectivity index (χ3n) is 3.72. The van der Waals surface area contributed by atoms with E-state index in [0.29, 0.717) is 13.1 Å². The molecule has 4 heteroatoms. The van der Waals surface area contributed by atoms with Crippen LogP contribution in [-0.2, 0) is 17.8 Å². The second-order valence-electron chi connectivity index (χ2n) is 6.77. The summed E-state index contributed by atoms with van der Waals surface area (Å²) in [5.41, 5.74) is 2.94. The van der Waals surface area contributed by atoms with E-state index in [4.69, 9.17) is 4.74 Å². The molecular weight excluding hydrogens is 266 g/mol. The molecule has 0 unspecified atom stereocenters. The summed E-state index contributed by atoms with van der Waals surface area (Å²) in [7, 11) is 0. The number of carbonyl (C=O) groups excluding carboxylic acids is 1. The van der Waals surface area contributed by atoms with E-state index in [1.54, 1.807) is 4.90 Å². The number of amides is 1. The van der Waals surface area contributed by atoms with Crippen LogP contribution in [0.25, 0.3) is 0 Å². The van der Waals surface area contributed by atoms with E-state index in [1.165, 1.54) is 11.1 Å². The first-order chi connectivity index (χ1) is 9.80. The summed E-state index contributed by atoms with van der Waals surface area (Å²) in [6, 6.07) is 6.08. The van der Waals surface area contributed by atoms with Gasteiger partial charge in [0.05, 0.1) is 6.61 Å². The van der Waals surface area contributed by atoms with Crippen molar-refractivity contribution in [3.05, 3.63) is 34.9 Å². The fourth-order valence-electron chi connectivity index (χ4n) is 2.72. The van der Waals surface area contributed by atoms with Gasteiger partial charge in [0.1, 0.15) is 5.60 Å². The molecule has 1 N–H and O–H groups in total. The Bertz CT molecular complexity index is 519. The predicted molar refractivity (Wildman–Crippen MR) is 82.3 cm³/mol. The van der Waals surface area contributed by atoms with Gasteiger partial charge in [-0.1, -0.05) is 25.1 Å². The molecule has 4 nitrogen and oxygen atoms in total. The molecule has 2 rings (SSSR count). The molecule has 1 aliphatic heterocycles. The Morgan fingerprint density at radius 2 is 2.14 bits per heavy atom. The molecule has 21 heavy (non-hydrogen) atoms. The zero-order valence-electron chi connectivity index (χ0n) is 13.3. The lowest BCUT2D eigenvalue weighted by molar-refractivity contribution is 0.0248. The zero-order chi connectivity index (χ0) is 15.6. The number of benzene rings is 1. The number of aliphatic hydroxyl groups excluding tert-OH is 1. The van der Waals surface area contributed by atoms with Crippen molar-refractivity contribution in [2.75, 3.05) is 13.1 Å². The van der Waals surface area contributed by atoms with Gasteiger partial charge in [-0.3, -0.25) is 0 Å². The lowest BCUT2D eigenvalue weighted by Crippen LogP contribution is -2.38. The molecule has 1 aliphatic rings. The van der Waals surface area contributed by atoms with Gasteiger partial charge in [0.2, 0.25) is 0 Å². The number of rotatable bonds is 1. The lowest BCUT2D eigenvalue weighted by Gasteiger charge is -2.27. The first kappa shape index (κ1) is 15.8. The molecule has 0 fully saturated rings. The summed E-state index contributed by atoms with van der Waals surface area (Å²) in [5.74, 6) is 0.266. The molecule has 1 heterocycles. The van der Waals surface area contributed by atoms with Crippen molar-refractivity contribution >= 4 is 6.09 Å². The summed E-state index contributed by atoms with van der Waals surface area (Å²) in [6.07, 6.45) is 0.553. The molecule has 1 aromatic rings. The SMILES string of the molecule is C[C@H]1CN(C(=O)OC(C)(C)C)CCc2cc(CO)ccc21. The highest BCUT2D eigenvalue weighted by Gasteiger charge is 2.27. The van der Waals surface area contributed by atoms with Crippen LogP contribution < -0.4 is 0 Å². The van der Waals surface area contributed by atoms with Crippen molar-refractivity contribution in [1.29, 1.82) is 0 Å². The van der Waals surface area contributed by atoms with Crippen LogP contribution in [0.2, 0.25) is 0 Å². The van der Waals surface area contributed by atoms with Gasteiger partial charge >= 0.3 is 6.09 Å². The van der Waals surface area contributed by atoms with Crippen molar-refractivity contribution in [2.24, 2.45) is 0 Å². The number of nitrogens with zero attached hydrogens (tertiary/aromatic N) is 1. The van der Waals surface area contributed by atoms with Crippen LogP contribution in [0, 0.1) is 0 Å². The maximum atomic E-state index is 12.2. The first-order valence-corrected chi connectivity index (χ1v) is 7.50. The number of hydrogen-bond acceptors (Lipinski definition) is 3. The molecular formula is C17H25NO3. The highest BCUT2D eigenvalue weighted by molar-refractivity contribution is 5.68. The Labute approximate surface area is 126 Å². The van der Waals surface area contributed by atoms with E-state index in [0.717, 1.165) is 12.0 Å². The molecule has 0 aliphatic carbocycles. The van der Waals surface area contributed by atoms with Crippen LogP contribution in [0.15, 0.2) is 18.2 Å². The van der Waals surface area contributed by atoms with Gasteiger partial charge in [-0.2, -0.15) is 0 Å². The van der Waals surface area contributed by atoms with Gasteiger partial charge in [0, 0.05) is 13.1 Å². The number of fused-ring (bicyclic) bond motifs is 1. The van der Waals surface area contributed by atoms with Crippen molar-refractivity contribution in [1.82, 2.24) is 4.90 Å². The molecule has 0 aromatic heterocycles. The van der Waals surface area contributed by atoms with Gasteiger partial charge < -0.3 is 14.7 Å². The Morgan fingerprint density at radius 3 is 2.76 bits per heavy atom. The van der Waals surface area contributed by atoms with Crippen LogP contribution in [0.1, 0.15) is 50.3 Å². The first-order valence-electron chi connectivity index (χ1n) is 7.50. The smallest absolute Gasteiger partial charge is 0.410 e. The number of aliphatic hydroxyl groups is 1. The Kier molecular flexibility index (Phi) is 4.57. The Morgan fingerprint density at radius 1 is 1.43 bits per heavy atom. The van der Waals surface area contributed by atoms with Crippen molar-refractivity contribution in [2.45, 2.75) is 52.2 Å². The standard InChI is InChI=1S/C17H25NO3/c1-12-10-18(16(20)21-17(2,3)4)8-7-14-9-13(11-19)5-6-15(12)14/h5-6,9,12,19H,7-8,10-11H2,1-4H3/t12-/m0/s1. The van der Waals surface area contributed by atoms with E-state index in [1.807, 2.05) is 32.9 Å². The monoisotopic (exact) mass is 291 g/mol. The van der Waals surface area contributed by atoms with Crippen LogP contribution in [-0.4, -0.2) is 34.8 Å². The minimum absolute atomic E-state index is 0.0530. The molecule has 0 radical (unpaired) electrons. The minimum atomic E-state index is -0.469. The maximum absolute atomic E-state index is 12.2. The quantitative estimate of drug-likeness (QED) is 0.865. The second kappa shape index (κ2) is 6.06. The third kappa shape index (κ3) is 3.97. The zero-order valence-corrected chi connectivity index (χ0v) is 13.3. The predicted octanol–water partition coefficient (Wildman–Crippen LogP) is 3.08. The Balaban J connectivity index is 2.15. The lowest BCUT2D eigenvalue weighted by atomic mass is 9.94. The van der Waals surface area contributed by atoms with E-state index < -0.39 is 5.60 Å². The van der Waals surface area contributed by atoms with Crippen LogP contribution >= 0.6 is 0 Å². The molecule has 0 bridgehead atoms. The molecule has 0 saturated heterocycles. The second-order valence-corrected chi connectivity index (χ2v) is 6.77. The molecule has 116 valence electrons. The summed E-state index contributed by atoms with van der Waals surface area (Å²) >= 11 is 0. The summed E-state index contributed by atoms with van der Waals surface area (Å²) in [6.45, 7) is 9.15. The average Bonchev–Trinajstić information content (AvgIpc) is 2.56. The highest BCUT2D eigenvalue weighted by atomic mass is 16.6. The number of hydrogen-bond donors (Lipinski definition) is 1. The van der Waals surface area contributed by atoms with Gasteiger partial charge in [-0.15, -0.1) is 0 Å². The van der Waals surface area contributed by atoms with Crippen molar-refractivity contribution < 1.29 is 14.6 Å². The summed E-state index contributed by atoms with van der Waals surface area (Å²) < 4.78 is 5.47. The van der Waals surface area contributed by atoms with E-state index in [-0.39, 0.29) is 18.6 Å². The summed E-state index contributed by atoms with van der Waals surface area (Å²) in [4.78, 5) is 14.0. The Hall–Kier alpha value is -1.55. The van der Waals surface area contributed by atoms with Crippen molar-refractivity contribution in [3.8, 4) is 0 Å². The fourth-order valence-corrected chi connectivity index (χ4v) is 2.72. The maximum Gasteiger partial charge on any atom is 0.410 e. The molecule has 1 amide bonds. The summed E-state index contributed by atoms with van der Waals surface area (Å²) in [5, 5.41) is 9.26. The molecule has 1 aromatic carbocycles. The van der Waals surface area contributed by atoms with Gasteiger partial charge in [0.15, 0.2) is 0 Å². The van der Waals surface area contributed by atoms with E-state index >= 15 is 0 Å². The fraction of sp³-hybridized carbons (Fsp3) is 0.588. The van der Waals surface area contributed by atoms with E-state index in [9.17, 15) is 9.90 Å². The number of carbonyl (C=O) groups is 1. The minimum Gasteiger partial charge on any atom is -0.444 e. The molecule has 0 saturated carbocycles. The van der Waals surface area contributed by atoms with Crippen LogP contribution in [0.5, 0.6) is 0 Å². The molecule has 0 spiro atoms.